The zero-order valence-electron chi connectivity index (χ0n) is 9.49. The number of hydrogen-bond donors (Lipinski definition) is 1. The molecule has 0 saturated carbocycles. The molecule has 3 nitrogen and oxygen atoms in total. The van der Waals surface area contributed by atoms with Gasteiger partial charge < -0.3 is 5.32 Å². The second-order valence-corrected chi connectivity index (χ2v) is 4.29. The van der Waals surface area contributed by atoms with Crippen LogP contribution < -0.4 is 5.32 Å². The molecule has 0 atom stereocenters. The largest absolute Gasteiger partial charge is 0.312 e. The van der Waals surface area contributed by atoms with Gasteiger partial charge in [-0.1, -0.05) is 18.2 Å². The molecule has 1 N–H and O–H groups in total. The van der Waals surface area contributed by atoms with Crippen LogP contribution >= 0.6 is 0 Å². The lowest BCUT2D eigenvalue weighted by molar-refractivity contribution is 0.556. The number of aromatic nitrogens is 2. The van der Waals surface area contributed by atoms with Gasteiger partial charge in [0.05, 0.1) is 12.7 Å². The maximum atomic E-state index is 13.6. The van der Waals surface area contributed by atoms with Gasteiger partial charge in [-0.25, -0.2) is 4.39 Å². The van der Waals surface area contributed by atoms with E-state index < -0.39 is 0 Å². The van der Waals surface area contributed by atoms with Gasteiger partial charge in [-0.05, 0) is 6.07 Å². The Labute approximate surface area is 99.3 Å². The van der Waals surface area contributed by atoms with Crippen LogP contribution in [0.25, 0.3) is 0 Å². The molecular weight excluding hydrogens is 217 g/mol. The van der Waals surface area contributed by atoms with E-state index in [0.29, 0.717) is 12.1 Å². The summed E-state index contributed by atoms with van der Waals surface area (Å²) >= 11 is 0. The number of rotatable bonds is 2. The zero-order chi connectivity index (χ0) is 11.7. The molecule has 88 valence electrons. The maximum absolute atomic E-state index is 13.6. The van der Waals surface area contributed by atoms with Gasteiger partial charge in [0.25, 0.3) is 0 Å². The van der Waals surface area contributed by atoms with Gasteiger partial charge in [0, 0.05) is 36.3 Å². The van der Waals surface area contributed by atoms with Crippen LogP contribution in [0.1, 0.15) is 16.8 Å². The molecule has 0 unspecified atom stereocenters. The highest BCUT2D eigenvalue weighted by Crippen LogP contribution is 2.16. The first kappa shape index (κ1) is 10.5. The lowest BCUT2D eigenvalue weighted by atomic mass is 10.1. The molecule has 0 bridgehead atoms. The van der Waals surface area contributed by atoms with E-state index >= 15 is 0 Å². The number of hydrogen-bond acceptors (Lipinski definition) is 2. The molecule has 0 saturated heterocycles. The summed E-state index contributed by atoms with van der Waals surface area (Å²) in [4.78, 5) is 0. The lowest BCUT2D eigenvalue weighted by Gasteiger charge is -2.15. The minimum absolute atomic E-state index is 0.161. The van der Waals surface area contributed by atoms with Gasteiger partial charge in [0.15, 0.2) is 0 Å². The predicted octanol–water partition coefficient (Wildman–Crippen LogP) is 1.72. The van der Waals surface area contributed by atoms with Crippen LogP contribution in [0.5, 0.6) is 0 Å². The van der Waals surface area contributed by atoms with Crippen molar-refractivity contribution < 1.29 is 4.39 Å². The molecule has 0 spiro atoms. The molecule has 2 heterocycles. The molecule has 1 aromatic heterocycles. The summed E-state index contributed by atoms with van der Waals surface area (Å²) in [5, 5.41) is 7.65. The molecule has 17 heavy (non-hydrogen) atoms. The van der Waals surface area contributed by atoms with Crippen molar-refractivity contribution in [3.05, 3.63) is 53.1 Å². The van der Waals surface area contributed by atoms with Crippen molar-refractivity contribution >= 4 is 0 Å². The van der Waals surface area contributed by atoms with Gasteiger partial charge in [0.2, 0.25) is 0 Å². The van der Waals surface area contributed by atoms with Crippen molar-refractivity contribution in [2.45, 2.75) is 19.5 Å². The monoisotopic (exact) mass is 231 g/mol. The second kappa shape index (κ2) is 4.30. The fourth-order valence-electron chi connectivity index (χ4n) is 2.24. The second-order valence-electron chi connectivity index (χ2n) is 4.29. The average molecular weight is 231 g/mol. The standard InChI is InChI=1S/C13H14FN3/c14-12-4-2-1-3-10(12)9-17-13-5-6-15-7-11(13)8-16-17/h1-4,8,15H,5-7,9H2. The number of nitrogens with zero attached hydrogens (tertiary/aromatic N) is 2. The van der Waals surface area contributed by atoms with Crippen LogP contribution in [0.4, 0.5) is 4.39 Å². The van der Waals surface area contributed by atoms with Crippen molar-refractivity contribution in [3.8, 4) is 0 Å². The summed E-state index contributed by atoms with van der Waals surface area (Å²) in [7, 11) is 0. The van der Waals surface area contributed by atoms with Crippen LogP contribution in [0, 0.1) is 5.82 Å². The highest BCUT2D eigenvalue weighted by molar-refractivity contribution is 5.23. The molecule has 0 radical (unpaired) electrons. The Bertz CT molecular complexity index is 533. The molecule has 4 heteroatoms. The van der Waals surface area contributed by atoms with E-state index in [4.69, 9.17) is 0 Å². The van der Waals surface area contributed by atoms with Crippen molar-refractivity contribution in [1.82, 2.24) is 15.1 Å². The summed E-state index contributed by atoms with van der Waals surface area (Å²) in [5.74, 6) is -0.161. The maximum Gasteiger partial charge on any atom is 0.128 e. The third-order valence-electron chi connectivity index (χ3n) is 3.17. The van der Waals surface area contributed by atoms with Crippen molar-refractivity contribution in [2.75, 3.05) is 6.54 Å². The molecule has 1 aromatic carbocycles. The van der Waals surface area contributed by atoms with Gasteiger partial charge >= 0.3 is 0 Å². The molecule has 1 aliphatic heterocycles. The van der Waals surface area contributed by atoms with Crippen LogP contribution in [0.2, 0.25) is 0 Å². The Balaban J connectivity index is 1.91. The minimum Gasteiger partial charge on any atom is -0.312 e. The van der Waals surface area contributed by atoms with Crippen LogP contribution in [-0.2, 0) is 19.5 Å². The first-order valence-corrected chi connectivity index (χ1v) is 5.82. The van der Waals surface area contributed by atoms with Crippen molar-refractivity contribution in [2.24, 2.45) is 0 Å². The number of halogens is 1. The molecule has 0 fully saturated rings. The summed E-state index contributed by atoms with van der Waals surface area (Å²) in [6.45, 7) is 2.35. The highest BCUT2D eigenvalue weighted by atomic mass is 19.1. The van der Waals surface area contributed by atoms with Gasteiger partial charge in [-0.15, -0.1) is 0 Å². The fraction of sp³-hybridized carbons (Fsp3) is 0.308. The first-order valence-electron chi connectivity index (χ1n) is 5.82. The van der Waals surface area contributed by atoms with Crippen LogP contribution in [0.3, 0.4) is 0 Å². The first-order chi connectivity index (χ1) is 8.34. The number of fused-ring (bicyclic) bond motifs is 1. The van der Waals surface area contributed by atoms with Crippen molar-refractivity contribution in [3.63, 3.8) is 0 Å². The Kier molecular flexibility index (Phi) is 2.65. The summed E-state index contributed by atoms with van der Waals surface area (Å²) < 4.78 is 15.5. The predicted molar refractivity (Wildman–Crippen MR) is 63.1 cm³/mol. The van der Waals surface area contributed by atoms with Crippen molar-refractivity contribution in [1.29, 1.82) is 0 Å². The Morgan fingerprint density at radius 2 is 2.24 bits per heavy atom. The Hall–Kier alpha value is -1.68. The quantitative estimate of drug-likeness (QED) is 0.852. The Morgan fingerprint density at radius 3 is 3.12 bits per heavy atom. The summed E-state index contributed by atoms with van der Waals surface area (Å²) in [6, 6.07) is 6.87. The molecular formula is C13H14FN3. The smallest absolute Gasteiger partial charge is 0.128 e. The number of nitrogens with one attached hydrogen (secondary N) is 1. The fourth-order valence-corrected chi connectivity index (χ4v) is 2.24. The number of benzene rings is 1. The third kappa shape index (κ3) is 1.96. The van der Waals surface area contributed by atoms with E-state index in [0.717, 1.165) is 19.5 Å². The van der Waals surface area contributed by atoms with E-state index in [1.54, 1.807) is 6.07 Å². The SMILES string of the molecule is Fc1ccccc1Cn1ncc2c1CCNC2. The van der Waals surface area contributed by atoms with Gasteiger partial charge in [-0.2, -0.15) is 5.10 Å². The Morgan fingerprint density at radius 1 is 1.35 bits per heavy atom. The van der Waals surface area contributed by atoms with E-state index in [9.17, 15) is 4.39 Å². The molecule has 2 aromatic rings. The molecule has 1 aliphatic rings. The summed E-state index contributed by atoms with van der Waals surface area (Å²) in [6.07, 6.45) is 2.84. The normalized spacial score (nSPS) is 14.6. The highest BCUT2D eigenvalue weighted by Gasteiger charge is 2.15. The summed E-state index contributed by atoms with van der Waals surface area (Å²) in [5.41, 5.74) is 3.15. The minimum atomic E-state index is -0.161. The van der Waals surface area contributed by atoms with Gasteiger partial charge in [-0.3, -0.25) is 4.68 Å². The molecule has 0 amide bonds. The molecule has 3 rings (SSSR count). The van der Waals surface area contributed by atoms with Crippen LogP contribution in [-0.4, -0.2) is 16.3 Å². The van der Waals surface area contributed by atoms with E-state index in [2.05, 4.69) is 10.4 Å². The van der Waals surface area contributed by atoms with E-state index in [1.807, 2.05) is 23.0 Å². The van der Waals surface area contributed by atoms with Crippen LogP contribution in [0.15, 0.2) is 30.5 Å². The topological polar surface area (TPSA) is 29.9 Å². The zero-order valence-corrected chi connectivity index (χ0v) is 9.49. The third-order valence-corrected chi connectivity index (χ3v) is 3.17. The van der Waals surface area contributed by atoms with E-state index in [1.165, 1.54) is 17.3 Å². The van der Waals surface area contributed by atoms with E-state index in [-0.39, 0.29) is 5.82 Å². The van der Waals surface area contributed by atoms with Gasteiger partial charge in [0.1, 0.15) is 5.82 Å². The lowest BCUT2D eigenvalue weighted by Crippen LogP contribution is -2.24. The average Bonchev–Trinajstić information content (AvgIpc) is 2.76. The molecule has 0 aliphatic carbocycles.